The molecule has 2 atom stereocenters. The van der Waals surface area contributed by atoms with Gasteiger partial charge in [0.2, 0.25) is 0 Å². The molecule has 1 fully saturated rings. The number of alkyl halides is 4. The van der Waals surface area contributed by atoms with E-state index in [9.17, 15) is 18.0 Å². The van der Waals surface area contributed by atoms with E-state index >= 15 is 0 Å². The third-order valence-electron chi connectivity index (χ3n) is 3.40. The molecule has 7 heteroatoms. The van der Waals surface area contributed by atoms with Crippen molar-refractivity contribution in [1.82, 2.24) is 4.90 Å². The largest absolute Gasteiger partial charge is 0.417 e. The van der Waals surface area contributed by atoms with Crippen LogP contribution in [0.1, 0.15) is 22.8 Å². The Bertz CT molecular complexity index is 521. The van der Waals surface area contributed by atoms with Crippen molar-refractivity contribution in [1.29, 1.82) is 0 Å². The highest BCUT2D eigenvalue weighted by Crippen LogP contribution is 2.33. The van der Waals surface area contributed by atoms with Crippen LogP contribution in [0.25, 0.3) is 0 Å². The third kappa shape index (κ3) is 3.58. The molecule has 2 rings (SSSR count). The molecule has 1 amide bonds. The van der Waals surface area contributed by atoms with E-state index in [0.717, 1.165) is 6.07 Å². The fourth-order valence-electron chi connectivity index (χ4n) is 2.27. The summed E-state index contributed by atoms with van der Waals surface area (Å²) in [4.78, 5) is 13.9. The first-order chi connectivity index (χ1) is 9.84. The van der Waals surface area contributed by atoms with Crippen molar-refractivity contribution >= 4 is 21.8 Å². The highest BCUT2D eigenvalue weighted by molar-refractivity contribution is 9.09. The van der Waals surface area contributed by atoms with E-state index in [4.69, 9.17) is 4.74 Å². The van der Waals surface area contributed by atoms with Crippen molar-refractivity contribution in [3.8, 4) is 0 Å². The van der Waals surface area contributed by atoms with Gasteiger partial charge in [0.15, 0.2) is 0 Å². The Kier molecular flexibility index (Phi) is 4.93. The van der Waals surface area contributed by atoms with E-state index in [2.05, 4.69) is 15.9 Å². The minimum atomic E-state index is -4.55. The van der Waals surface area contributed by atoms with Crippen molar-refractivity contribution in [3.05, 3.63) is 35.4 Å². The predicted molar refractivity (Wildman–Crippen MR) is 75.5 cm³/mol. The van der Waals surface area contributed by atoms with Crippen LogP contribution in [-0.2, 0) is 10.9 Å². The maximum Gasteiger partial charge on any atom is 0.417 e. The zero-order chi connectivity index (χ0) is 15.6. The Morgan fingerprint density at radius 3 is 2.71 bits per heavy atom. The standard InChI is InChI=1S/C14H15BrF3NO2/c1-9-8-21-10(6-15)7-19(9)13(20)11-4-2-3-5-12(11)14(16,17)18/h2-5,9-10H,6-8H2,1H3. The number of morpholine rings is 1. The number of nitrogens with zero attached hydrogens (tertiary/aromatic N) is 1. The lowest BCUT2D eigenvalue weighted by Crippen LogP contribution is -2.51. The molecule has 1 heterocycles. The first-order valence-electron chi connectivity index (χ1n) is 6.49. The van der Waals surface area contributed by atoms with Crippen molar-refractivity contribution in [3.63, 3.8) is 0 Å². The van der Waals surface area contributed by atoms with Crippen LogP contribution in [0.5, 0.6) is 0 Å². The normalized spacial score (nSPS) is 23.2. The lowest BCUT2D eigenvalue weighted by atomic mass is 10.0. The molecule has 0 N–H and O–H groups in total. The van der Waals surface area contributed by atoms with Gasteiger partial charge in [-0.1, -0.05) is 28.1 Å². The van der Waals surface area contributed by atoms with Crippen molar-refractivity contribution in [2.75, 3.05) is 18.5 Å². The number of hydrogen-bond donors (Lipinski definition) is 0. The predicted octanol–water partition coefficient (Wildman–Crippen LogP) is 3.33. The third-order valence-corrected chi connectivity index (χ3v) is 4.12. The molecule has 0 aromatic heterocycles. The Morgan fingerprint density at radius 2 is 2.10 bits per heavy atom. The summed E-state index contributed by atoms with van der Waals surface area (Å²) >= 11 is 3.27. The molecule has 0 bridgehead atoms. The molecule has 1 aromatic carbocycles. The first-order valence-corrected chi connectivity index (χ1v) is 7.61. The first kappa shape index (κ1) is 16.3. The Morgan fingerprint density at radius 1 is 1.43 bits per heavy atom. The van der Waals surface area contributed by atoms with Crippen LogP contribution in [0.4, 0.5) is 13.2 Å². The van der Waals surface area contributed by atoms with Crippen LogP contribution in [0.3, 0.4) is 0 Å². The van der Waals surface area contributed by atoms with Crippen molar-refractivity contribution < 1.29 is 22.7 Å². The average molecular weight is 366 g/mol. The second-order valence-corrected chi connectivity index (χ2v) is 5.61. The molecule has 21 heavy (non-hydrogen) atoms. The summed E-state index contributed by atoms with van der Waals surface area (Å²) in [5, 5.41) is 0.532. The van der Waals surface area contributed by atoms with Crippen molar-refractivity contribution in [2.24, 2.45) is 0 Å². The molecule has 1 aliphatic heterocycles. The van der Waals surface area contributed by atoms with Crippen LogP contribution in [0.15, 0.2) is 24.3 Å². The minimum absolute atomic E-state index is 0.205. The van der Waals surface area contributed by atoms with Gasteiger partial charge in [0.05, 0.1) is 29.9 Å². The van der Waals surface area contributed by atoms with Gasteiger partial charge in [0, 0.05) is 11.9 Å². The fraction of sp³-hybridized carbons (Fsp3) is 0.500. The maximum atomic E-state index is 13.0. The van der Waals surface area contributed by atoms with E-state index in [0.29, 0.717) is 11.9 Å². The van der Waals surface area contributed by atoms with Crippen LogP contribution >= 0.6 is 15.9 Å². The molecule has 0 saturated carbocycles. The molecule has 1 aliphatic rings. The molecule has 116 valence electrons. The quantitative estimate of drug-likeness (QED) is 0.752. The monoisotopic (exact) mass is 365 g/mol. The molecule has 0 spiro atoms. The maximum absolute atomic E-state index is 13.0. The zero-order valence-corrected chi connectivity index (χ0v) is 12.9. The van der Waals surface area contributed by atoms with Crippen LogP contribution in [0.2, 0.25) is 0 Å². The average Bonchev–Trinajstić information content (AvgIpc) is 2.46. The lowest BCUT2D eigenvalue weighted by molar-refractivity contribution is -0.138. The van der Waals surface area contributed by atoms with Gasteiger partial charge in [-0.05, 0) is 19.1 Å². The number of hydrogen-bond acceptors (Lipinski definition) is 2. The van der Waals surface area contributed by atoms with Gasteiger partial charge in [-0.15, -0.1) is 0 Å². The van der Waals surface area contributed by atoms with Crippen molar-refractivity contribution in [2.45, 2.75) is 25.2 Å². The summed E-state index contributed by atoms with van der Waals surface area (Å²) in [7, 11) is 0. The topological polar surface area (TPSA) is 29.5 Å². The summed E-state index contributed by atoms with van der Waals surface area (Å²) in [6.07, 6.45) is -4.75. The summed E-state index contributed by atoms with van der Waals surface area (Å²) in [5.74, 6) is -0.607. The van der Waals surface area contributed by atoms with E-state index < -0.39 is 17.6 Å². The number of rotatable bonds is 2. The van der Waals surface area contributed by atoms with Gasteiger partial charge >= 0.3 is 6.18 Å². The molecule has 0 radical (unpaired) electrons. The van der Waals surface area contributed by atoms with Gasteiger partial charge in [-0.25, -0.2) is 0 Å². The Labute approximate surface area is 129 Å². The lowest BCUT2D eigenvalue weighted by Gasteiger charge is -2.37. The second-order valence-electron chi connectivity index (χ2n) is 4.96. The minimum Gasteiger partial charge on any atom is -0.373 e. The number of amides is 1. The van der Waals surface area contributed by atoms with Gasteiger partial charge < -0.3 is 9.64 Å². The summed E-state index contributed by atoms with van der Waals surface area (Å²) < 4.78 is 44.5. The molecule has 1 saturated heterocycles. The smallest absolute Gasteiger partial charge is 0.373 e. The molecule has 1 aromatic rings. The van der Waals surface area contributed by atoms with E-state index in [1.807, 2.05) is 0 Å². The Balaban J connectivity index is 2.31. The van der Waals surface area contributed by atoms with E-state index in [1.165, 1.54) is 23.1 Å². The highest BCUT2D eigenvalue weighted by atomic mass is 79.9. The number of carbonyl (C=O) groups excluding carboxylic acids is 1. The molecule has 3 nitrogen and oxygen atoms in total. The van der Waals surface area contributed by atoms with Gasteiger partial charge in [-0.2, -0.15) is 13.2 Å². The van der Waals surface area contributed by atoms with Gasteiger partial charge in [0.25, 0.3) is 5.91 Å². The summed E-state index contributed by atoms with van der Waals surface area (Å²) in [6.45, 7) is 2.35. The number of ether oxygens (including phenoxy) is 1. The number of carbonyl (C=O) groups is 1. The van der Waals surface area contributed by atoms with Gasteiger partial charge in [0.1, 0.15) is 0 Å². The van der Waals surface area contributed by atoms with E-state index in [-0.39, 0.29) is 24.3 Å². The van der Waals surface area contributed by atoms with Crippen LogP contribution in [0, 0.1) is 0 Å². The SMILES string of the molecule is CC1COC(CBr)CN1C(=O)c1ccccc1C(F)(F)F. The van der Waals surface area contributed by atoms with Crippen LogP contribution in [-0.4, -0.2) is 41.4 Å². The summed E-state index contributed by atoms with van der Waals surface area (Å²) in [6, 6.07) is 4.62. The zero-order valence-electron chi connectivity index (χ0n) is 11.4. The fourth-order valence-corrected chi connectivity index (χ4v) is 2.66. The second kappa shape index (κ2) is 6.36. The molecule has 0 aliphatic carbocycles. The number of benzene rings is 1. The highest BCUT2D eigenvalue weighted by Gasteiger charge is 2.38. The Hall–Kier alpha value is -1.08. The molecular weight excluding hydrogens is 351 g/mol. The van der Waals surface area contributed by atoms with E-state index in [1.54, 1.807) is 6.92 Å². The summed E-state index contributed by atoms with van der Waals surface area (Å²) in [5.41, 5.74) is -1.21. The number of halogens is 4. The van der Waals surface area contributed by atoms with Crippen LogP contribution < -0.4 is 0 Å². The van der Waals surface area contributed by atoms with Gasteiger partial charge in [-0.3, -0.25) is 4.79 Å². The molecular formula is C14H15BrF3NO2. The molecule has 2 unspecified atom stereocenters.